The quantitative estimate of drug-likeness (QED) is 0.642. The van der Waals surface area contributed by atoms with E-state index >= 15 is 0 Å². The lowest BCUT2D eigenvalue weighted by atomic mass is 9.41. The Bertz CT molecular complexity index is 617. The van der Waals surface area contributed by atoms with Crippen molar-refractivity contribution in [1.82, 2.24) is 0 Å². The first-order chi connectivity index (χ1) is 11.3. The van der Waals surface area contributed by atoms with E-state index in [1.165, 1.54) is 5.57 Å². The summed E-state index contributed by atoms with van der Waals surface area (Å²) in [5, 5.41) is 31.8. The summed E-state index contributed by atoms with van der Waals surface area (Å²) in [6, 6.07) is 0. The predicted molar refractivity (Wildman–Crippen MR) is 89.2 cm³/mol. The van der Waals surface area contributed by atoms with Crippen molar-refractivity contribution in [2.45, 2.75) is 70.2 Å². The van der Waals surface area contributed by atoms with Crippen LogP contribution in [0.5, 0.6) is 0 Å². The van der Waals surface area contributed by atoms with Crippen LogP contribution in [0.15, 0.2) is 11.6 Å². The van der Waals surface area contributed by atoms with E-state index in [0.29, 0.717) is 6.61 Å². The van der Waals surface area contributed by atoms with Crippen LogP contribution in [0.3, 0.4) is 0 Å². The fourth-order valence-corrected chi connectivity index (χ4v) is 7.66. The third-order valence-corrected chi connectivity index (χ3v) is 9.25. The van der Waals surface area contributed by atoms with E-state index in [1.54, 1.807) is 0 Å². The van der Waals surface area contributed by atoms with Gasteiger partial charge in [0.2, 0.25) is 0 Å². The highest BCUT2D eigenvalue weighted by Gasteiger charge is 2.72. The van der Waals surface area contributed by atoms with E-state index in [9.17, 15) is 15.3 Å². The fraction of sp³-hybridized carbons (Fsp3) is 0.900. The van der Waals surface area contributed by atoms with Crippen molar-refractivity contribution in [2.75, 3.05) is 13.2 Å². The molecule has 0 aromatic rings. The molecule has 8 unspecified atom stereocenters. The molecule has 5 rings (SSSR count). The molecule has 8 atom stereocenters. The molecular weight excluding hydrogens is 304 g/mol. The molecule has 3 N–H and O–H groups in total. The van der Waals surface area contributed by atoms with Crippen LogP contribution in [0.2, 0.25) is 0 Å². The average Bonchev–Trinajstić information content (AvgIpc) is 3.05. The van der Waals surface area contributed by atoms with Gasteiger partial charge in [0.15, 0.2) is 0 Å². The van der Waals surface area contributed by atoms with Gasteiger partial charge in [0, 0.05) is 16.7 Å². The SMILES string of the molecule is CC1(CO)C(O)CCC2(C)C1CC=C1C3OCC4(O)CCC12CC34. The summed E-state index contributed by atoms with van der Waals surface area (Å²) in [7, 11) is 0. The Labute approximate surface area is 143 Å². The summed E-state index contributed by atoms with van der Waals surface area (Å²) in [5.41, 5.74) is 0.540. The molecule has 2 bridgehead atoms. The summed E-state index contributed by atoms with van der Waals surface area (Å²) in [6.07, 6.45) is 7.58. The lowest BCUT2D eigenvalue weighted by Gasteiger charge is -2.64. The van der Waals surface area contributed by atoms with Gasteiger partial charge in [0.05, 0.1) is 31.0 Å². The number of hydrogen-bond donors (Lipinski definition) is 3. The van der Waals surface area contributed by atoms with Crippen molar-refractivity contribution < 1.29 is 20.1 Å². The Kier molecular flexibility index (Phi) is 2.93. The molecule has 0 aromatic carbocycles. The van der Waals surface area contributed by atoms with Gasteiger partial charge in [-0.1, -0.05) is 19.9 Å². The zero-order valence-corrected chi connectivity index (χ0v) is 14.8. The molecule has 1 aliphatic heterocycles. The maximum Gasteiger partial charge on any atom is 0.0937 e. The topological polar surface area (TPSA) is 69.9 Å². The predicted octanol–water partition coefficient (Wildman–Crippen LogP) is 2.02. The first-order valence-corrected chi connectivity index (χ1v) is 9.64. The second kappa shape index (κ2) is 4.46. The minimum absolute atomic E-state index is 0.0426. The molecule has 134 valence electrons. The van der Waals surface area contributed by atoms with Gasteiger partial charge in [-0.15, -0.1) is 0 Å². The Morgan fingerprint density at radius 1 is 1.25 bits per heavy atom. The van der Waals surface area contributed by atoms with E-state index < -0.39 is 17.1 Å². The van der Waals surface area contributed by atoms with Crippen molar-refractivity contribution >= 4 is 0 Å². The van der Waals surface area contributed by atoms with Gasteiger partial charge in [-0.05, 0) is 55.4 Å². The second-order valence-corrected chi connectivity index (χ2v) is 9.81. The van der Waals surface area contributed by atoms with Crippen LogP contribution in [-0.2, 0) is 4.74 Å². The Hall–Kier alpha value is -0.420. The highest BCUT2D eigenvalue weighted by molar-refractivity contribution is 5.39. The third kappa shape index (κ3) is 1.48. The van der Waals surface area contributed by atoms with E-state index in [2.05, 4.69) is 19.9 Å². The summed E-state index contributed by atoms with van der Waals surface area (Å²) in [5.74, 6) is 0.521. The molecule has 1 saturated heterocycles. The van der Waals surface area contributed by atoms with Crippen molar-refractivity contribution in [2.24, 2.45) is 28.1 Å². The lowest BCUT2D eigenvalue weighted by Crippen LogP contribution is -2.61. The smallest absolute Gasteiger partial charge is 0.0937 e. The third-order valence-electron chi connectivity index (χ3n) is 9.25. The molecule has 1 spiro atoms. The van der Waals surface area contributed by atoms with E-state index in [0.717, 1.165) is 38.5 Å². The monoisotopic (exact) mass is 334 g/mol. The molecule has 3 saturated carbocycles. The van der Waals surface area contributed by atoms with Gasteiger partial charge in [-0.25, -0.2) is 0 Å². The average molecular weight is 334 g/mol. The summed E-state index contributed by atoms with van der Waals surface area (Å²) in [6.45, 7) is 5.00. The molecule has 0 radical (unpaired) electrons. The number of ether oxygens (including phenoxy) is 1. The molecule has 4 nitrogen and oxygen atoms in total. The maximum absolute atomic E-state index is 11.0. The number of hydrogen-bond acceptors (Lipinski definition) is 4. The zero-order chi connectivity index (χ0) is 17.0. The standard InChI is InChI=1S/C20H30O4/c1-17(10-21)14-4-3-12-16-13-9-19(12,7-8-20(13,23)11-24-16)18(14,2)6-5-15(17)22/h3,13-16,21-23H,4-11H2,1-2H3. The Morgan fingerprint density at radius 3 is 2.79 bits per heavy atom. The Balaban J connectivity index is 1.65. The van der Waals surface area contributed by atoms with Crippen molar-refractivity contribution in [1.29, 1.82) is 0 Å². The van der Waals surface area contributed by atoms with Gasteiger partial charge in [-0.3, -0.25) is 0 Å². The largest absolute Gasteiger partial charge is 0.396 e. The van der Waals surface area contributed by atoms with Crippen LogP contribution >= 0.6 is 0 Å². The highest BCUT2D eigenvalue weighted by Crippen LogP contribution is 2.75. The highest BCUT2D eigenvalue weighted by atomic mass is 16.5. The number of allylic oxidation sites excluding steroid dienone is 1. The molecular formula is C20H30O4. The zero-order valence-electron chi connectivity index (χ0n) is 14.8. The minimum atomic E-state index is -0.631. The molecule has 0 amide bonds. The summed E-state index contributed by atoms with van der Waals surface area (Å²) in [4.78, 5) is 0. The number of aliphatic hydroxyl groups is 3. The van der Waals surface area contributed by atoms with E-state index in [-0.39, 0.29) is 35.4 Å². The van der Waals surface area contributed by atoms with Crippen LogP contribution < -0.4 is 0 Å². The van der Waals surface area contributed by atoms with E-state index in [1.807, 2.05) is 0 Å². The summed E-state index contributed by atoms with van der Waals surface area (Å²) >= 11 is 0. The number of fused-ring (bicyclic) bond motifs is 2. The van der Waals surface area contributed by atoms with Crippen LogP contribution in [0.25, 0.3) is 0 Å². The van der Waals surface area contributed by atoms with Gasteiger partial charge >= 0.3 is 0 Å². The molecule has 4 fully saturated rings. The minimum Gasteiger partial charge on any atom is -0.396 e. The number of aliphatic hydroxyl groups excluding tert-OH is 2. The van der Waals surface area contributed by atoms with Gasteiger partial charge in [-0.2, -0.15) is 0 Å². The van der Waals surface area contributed by atoms with E-state index in [4.69, 9.17) is 4.74 Å². The molecule has 1 heterocycles. The fourth-order valence-electron chi connectivity index (χ4n) is 7.66. The van der Waals surface area contributed by atoms with Crippen LogP contribution in [0, 0.1) is 28.1 Å². The van der Waals surface area contributed by atoms with Crippen molar-refractivity contribution in [3.05, 3.63) is 11.6 Å². The first-order valence-electron chi connectivity index (χ1n) is 9.64. The van der Waals surface area contributed by atoms with Crippen LogP contribution in [-0.4, -0.2) is 46.3 Å². The molecule has 4 heteroatoms. The molecule has 5 aliphatic rings. The van der Waals surface area contributed by atoms with Crippen LogP contribution in [0.4, 0.5) is 0 Å². The molecule has 0 aromatic heterocycles. The van der Waals surface area contributed by atoms with Gasteiger partial charge in [0.25, 0.3) is 0 Å². The normalized spacial score (nSPS) is 61.3. The van der Waals surface area contributed by atoms with Crippen LogP contribution in [0.1, 0.15) is 52.4 Å². The molecule has 4 aliphatic carbocycles. The summed E-state index contributed by atoms with van der Waals surface area (Å²) < 4.78 is 6.09. The second-order valence-electron chi connectivity index (χ2n) is 9.81. The number of rotatable bonds is 1. The maximum atomic E-state index is 11.0. The first kappa shape index (κ1) is 15.8. The van der Waals surface area contributed by atoms with Crippen molar-refractivity contribution in [3.63, 3.8) is 0 Å². The van der Waals surface area contributed by atoms with Crippen molar-refractivity contribution in [3.8, 4) is 0 Å². The van der Waals surface area contributed by atoms with Gasteiger partial charge < -0.3 is 20.1 Å². The molecule has 24 heavy (non-hydrogen) atoms. The van der Waals surface area contributed by atoms with Gasteiger partial charge in [0.1, 0.15) is 0 Å². The Morgan fingerprint density at radius 2 is 2.04 bits per heavy atom. The lowest BCUT2D eigenvalue weighted by molar-refractivity contribution is -0.182.